The fraction of sp³-hybridized carbons (Fsp3) is 0.467. The van der Waals surface area contributed by atoms with Crippen LogP contribution in [0, 0.1) is 18.7 Å². The van der Waals surface area contributed by atoms with Gasteiger partial charge in [-0.05, 0) is 55.9 Å². The quantitative estimate of drug-likeness (QED) is 0.779. The molecule has 0 bridgehead atoms. The van der Waals surface area contributed by atoms with E-state index in [4.69, 9.17) is 0 Å². The number of hydrogen-bond donors (Lipinski definition) is 3. The maximum atomic E-state index is 13.2. The van der Waals surface area contributed by atoms with Gasteiger partial charge in [0, 0.05) is 6.54 Å². The predicted octanol–water partition coefficient (Wildman–Crippen LogP) is 2.19. The van der Waals surface area contributed by atoms with Crippen LogP contribution in [0.15, 0.2) is 18.2 Å². The highest BCUT2D eigenvalue weighted by Gasteiger charge is 2.48. The highest BCUT2D eigenvalue weighted by Crippen LogP contribution is 2.39. The molecule has 0 aliphatic heterocycles. The van der Waals surface area contributed by atoms with Crippen molar-refractivity contribution in [3.05, 3.63) is 35.1 Å². The lowest BCUT2D eigenvalue weighted by atomic mass is 9.96. The van der Waals surface area contributed by atoms with Crippen LogP contribution in [0.2, 0.25) is 0 Å². The first-order valence-electron chi connectivity index (χ1n) is 6.87. The number of aryl methyl sites for hydroxylation is 1. The molecule has 6 heteroatoms. The summed E-state index contributed by atoms with van der Waals surface area (Å²) in [5.74, 6) is -1.44. The van der Waals surface area contributed by atoms with E-state index in [0.717, 1.165) is 18.4 Å². The number of carboxylic acids is 1. The lowest BCUT2D eigenvalue weighted by molar-refractivity contribution is -0.144. The summed E-state index contributed by atoms with van der Waals surface area (Å²) in [6.45, 7) is 3.48. The van der Waals surface area contributed by atoms with Crippen molar-refractivity contribution in [1.82, 2.24) is 10.6 Å². The smallest absolute Gasteiger partial charge is 0.329 e. The van der Waals surface area contributed by atoms with E-state index in [0.29, 0.717) is 5.56 Å². The number of carbonyl (C=O) groups excluding carboxylic acids is 1. The molecule has 0 aromatic heterocycles. The van der Waals surface area contributed by atoms with E-state index in [2.05, 4.69) is 10.6 Å². The Hall–Kier alpha value is -2.11. The SMILES string of the molecule is Cc1ccc(F)cc1CNC(=O)NC(C)(C(=O)O)C1CC1. The van der Waals surface area contributed by atoms with E-state index >= 15 is 0 Å². The van der Waals surface area contributed by atoms with E-state index in [1.807, 2.05) is 6.92 Å². The molecular weight excluding hydrogens is 275 g/mol. The minimum atomic E-state index is -1.25. The third-order valence-electron chi connectivity index (χ3n) is 3.96. The Morgan fingerprint density at radius 1 is 1.43 bits per heavy atom. The van der Waals surface area contributed by atoms with Gasteiger partial charge < -0.3 is 15.7 Å². The maximum Gasteiger partial charge on any atom is 0.329 e. The molecular formula is C15H19FN2O3. The second-order valence-electron chi connectivity index (χ2n) is 5.66. The molecule has 1 atom stereocenters. The molecule has 21 heavy (non-hydrogen) atoms. The van der Waals surface area contributed by atoms with Crippen molar-refractivity contribution < 1.29 is 19.1 Å². The zero-order valence-corrected chi connectivity index (χ0v) is 12.1. The van der Waals surface area contributed by atoms with Crippen molar-refractivity contribution in [1.29, 1.82) is 0 Å². The molecule has 1 saturated carbocycles. The Bertz CT molecular complexity index is 572. The molecule has 114 valence electrons. The Morgan fingerprint density at radius 3 is 2.67 bits per heavy atom. The van der Waals surface area contributed by atoms with Crippen LogP contribution in [-0.2, 0) is 11.3 Å². The van der Waals surface area contributed by atoms with E-state index in [1.165, 1.54) is 19.1 Å². The number of urea groups is 1. The zero-order valence-electron chi connectivity index (χ0n) is 12.1. The molecule has 1 aromatic rings. The Morgan fingerprint density at radius 2 is 2.10 bits per heavy atom. The third kappa shape index (κ3) is 3.51. The van der Waals surface area contributed by atoms with Crippen LogP contribution in [0.1, 0.15) is 30.9 Å². The molecule has 0 radical (unpaired) electrons. The van der Waals surface area contributed by atoms with Crippen molar-refractivity contribution in [2.24, 2.45) is 5.92 Å². The van der Waals surface area contributed by atoms with Gasteiger partial charge in [0.1, 0.15) is 11.4 Å². The van der Waals surface area contributed by atoms with Gasteiger partial charge in [0.05, 0.1) is 0 Å². The van der Waals surface area contributed by atoms with Crippen LogP contribution in [0.25, 0.3) is 0 Å². The van der Waals surface area contributed by atoms with Gasteiger partial charge in [-0.3, -0.25) is 0 Å². The molecule has 1 fully saturated rings. The molecule has 1 aromatic carbocycles. The number of hydrogen-bond acceptors (Lipinski definition) is 2. The maximum absolute atomic E-state index is 13.2. The Labute approximate surface area is 122 Å². The monoisotopic (exact) mass is 294 g/mol. The predicted molar refractivity (Wildman–Crippen MR) is 75.3 cm³/mol. The van der Waals surface area contributed by atoms with Crippen molar-refractivity contribution in [3.63, 3.8) is 0 Å². The van der Waals surface area contributed by atoms with E-state index in [9.17, 15) is 19.1 Å². The fourth-order valence-corrected chi connectivity index (χ4v) is 2.28. The number of carboxylic acid groups (broad SMARTS) is 1. The molecule has 0 spiro atoms. The van der Waals surface area contributed by atoms with Crippen molar-refractivity contribution >= 4 is 12.0 Å². The Balaban J connectivity index is 1.95. The summed E-state index contributed by atoms with van der Waals surface area (Å²) in [6, 6.07) is 3.78. The number of rotatable bonds is 5. The topological polar surface area (TPSA) is 78.4 Å². The van der Waals surface area contributed by atoms with Crippen molar-refractivity contribution in [2.45, 2.75) is 38.8 Å². The van der Waals surface area contributed by atoms with Gasteiger partial charge in [0.2, 0.25) is 0 Å². The van der Waals surface area contributed by atoms with Gasteiger partial charge in [-0.25, -0.2) is 14.0 Å². The molecule has 2 amide bonds. The van der Waals surface area contributed by atoms with Crippen LogP contribution >= 0.6 is 0 Å². The van der Waals surface area contributed by atoms with Crippen LogP contribution in [0.3, 0.4) is 0 Å². The van der Waals surface area contributed by atoms with E-state index in [1.54, 1.807) is 6.07 Å². The number of carbonyl (C=O) groups is 2. The van der Waals surface area contributed by atoms with Crippen molar-refractivity contribution in [3.8, 4) is 0 Å². The normalized spacial score (nSPS) is 16.9. The molecule has 1 unspecified atom stereocenters. The lowest BCUT2D eigenvalue weighted by Crippen LogP contribution is -2.56. The molecule has 5 nitrogen and oxygen atoms in total. The summed E-state index contributed by atoms with van der Waals surface area (Å²) in [7, 11) is 0. The summed E-state index contributed by atoms with van der Waals surface area (Å²) < 4.78 is 13.2. The first-order chi connectivity index (χ1) is 9.83. The van der Waals surface area contributed by atoms with Gasteiger partial charge >= 0.3 is 12.0 Å². The van der Waals surface area contributed by atoms with Crippen LogP contribution in [0.5, 0.6) is 0 Å². The van der Waals surface area contributed by atoms with Crippen LogP contribution in [-0.4, -0.2) is 22.6 Å². The van der Waals surface area contributed by atoms with E-state index in [-0.39, 0.29) is 18.3 Å². The first kappa shape index (κ1) is 15.3. The van der Waals surface area contributed by atoms with Gasteiger partial charge in [-0.2, -0.15) is 0 Å². The molecule has 2 rings (SSSR count). The number of halogens is 1. The third-order valence-corrected chi connectivity index (χ3v) is 3.96. The first-order valence-corrected chi connectivity index (χ1v) is 6.87. The zero-order chi connectivity index (χ0) is 15.6. The highest BCUT2D eigenvalue weighted by molar-refractivity contribution is 5.86. The largest absolute Gasteiger partial charge is 0.480 e. The van der Waals surface area contributed by atoms with E-state index < -0.39 is 17.5 Å². The van der Waals surface area contributed by atoms with Crippen molar-refractivity contribution in [2.75, 3.05) is 0 Å². The number of aliphatic carboxylic acids is 1. The van der Waals surface area contributed by atoms with Gasteiger partial charge in [0.15, 0.2) is 0 Å². The Kier molecular flexibility index (Phi) is 4.16. The standard InChI is InChI=1S/C15H19FN2O3/c1-9-3-6-12(16)7-10(9)8-17-14(21)18-15(2,13(19)20)11-4-5-11/h3,6-7,11H,4-5,8H2,1-2H3,(H,19,20)(H2,17,18,21). The molecule has 3 N–H and O–H groups in total. The summed E-state index contributed by atoms with van der Waals surface area (Å²) in [5.41, 5.74) is 0.273. The average Bonchev–Trinajstić information content (AvgIpc) is 3.24. The minimum Gasteiger partial charge on any atom is -0.480 e. The van der Waals surface area contributed by atoms with Gasteiger partial charge in [0.25, 0.3) is 0 Å². The highest BCUT2D eigenvalue weighted by atomic mass is 19.1. The number of amides is 2. The fourth-order valence-electron chi connectivity index (χ4n) is 2.28. The summed E-state index contributed by atoms with van der Waals surface area (Å²) >= 11 is 0. The average molecular weight is 294 g/mol. The second kappa shape index (κ2) is 5.71. The molecule has 0 saturated heterocycles. The second-order valence-corrected chi connectivity index (χ2v) is 5.66. The molecule has 0 heterocycles. The molecule has 1 aliphatic carbocycles. The summed E-state index contributed by atoms with van der Waals surface area (Å²) in [4.78, 5) is 23.2. The number of benzene rings is 1. The number of nitrogens with one attached hydrogen (secondary N) is 2. The molecule has 1 aliphatic rings. The van der Waals surface area contributed by atoms with Gasteiger partial charge in [-0.1, -0.05) is 6.07 Å². The van der Waals surface area contributed by atoms with Gasteiger partial charge in [-0.15, -0.1) is 0 Å². The van der Waals surface area contributed by atoms with Crippen LogP contribution in [0.4, 0.5) is 9.18 Å². The summed E-state index contributed by atoms with van der Waals surface area (Å²) in [5, 5.41) is 14.4. The van der Waals surface area contributed by atoms with Crippen LogP contribution < -0.4 is 10.6 Å². The minimum absolute atomic E-state index is 0.0309. The lowest BCUT2D eigenvalue weighted by Gasteiger charge is -2.26. The summed E-state index contributed by atoms with van der Waals surface area (Å²) in [6.07, 6.45) is 1.60.